The Bertz CT molecular complexity index is 435. The molecule has 1 aromatic rings. The first-order valence-corrected chi connectivity index (χ1v) is 6.75. The Hall–Kier alpha value is -1.26. The lowest BCUT2D eigenvalue weighted by atomic mass is 10.1. The number of hydrogen-bond donors (Lipinski definition) is 1. The summed E-state index contributed by atoms with van der Waals surface area (Å²) in [6, 6.07) is 4.96. The Morgan fingerprint density at radius 3 is 2.63 bits per heavy atom. The smallest absolute Gasteiger partial charge is 0.347 e. The van der Waals surface area contributed by atoms with Crippen LogP contribution < -0.4 is 10.5 Å². The van der Waals surface area contributed by atoms with Crippen molar-refractivity contribution >= 4 is 17.6 Å². The summed E-state index contributed by atoms with van der Waals surface area (Å²) in [6.45, 7) is 5.80. The number of carbonyl (C=O) groups is 1. The Balaban J connectivity index is 2.93. The van der Waals surface area contributed by atoms with Gasteiger partial charge in [-0.15, -0.1) is 0 Å². The number of rotatable bonds is 6. The van der Waals surface area contributed by atoms with Crippen LogP contribution in [0.5, 0.6) is 5.75 Å². The molecule has 0 saturated heterocycles. The molecular formula is C14H20ClNO3. The Morgan fingerprint density at radius 2 is 2.11 bits per heavy atom. The molecule has 1 rings (SSSR count). The second-order valence-electron chi connectivity index (χ2n) is 4.24. The molecule has 0 aromatic heterocycles. The van der Waals surface area contributed by atoms with Crippen molar-refractivity contribution in [1.29, 1.82) is 0 Å². The molecule has 5 heteroatoms. The lowest BCUT2D eigenvalue weighted by Crippen LogP contribution is -2.29. The Morgan fingerprint density at radius 1 is 1.42 bits per heavy atom. The van der Waals surface area contributed by atoms with E-state index in [1.807, 2.05) is 13.8 Å². The van der Waals surface area contributed by atoms with Crippen molar-refractivity contribution in [3.05, 3.63) is 28.8 Å². The highest BCUT2D eigenvalue weighted by Gasteiger charge is 2.21. The highest BCUT2D eigenvalue weighted by molar-refractivity contribution is 6.30. The minimum Gasteiger partial charge on any atom is -0.478 e. The molecule has 0 bridgehead atoms. The van der Waals surface area contributed by atoms with Crippen LogP contribution in [0, 0.1) is 0 Å². The molecule has 0 amide bonds. The molecule has 2 N–H and O–H groups in total. The first-order chi connectivity index (χ1) is 8.99. The standard InChI is InChI=1S/C14H20ClNO3/c1-4-12(14(17)18-5-2)19-13-7-6-10(15)8-11(13)9(3)16/h6-9,12H,4-5,16H2,1-3H3/t9-,12?/m1/s1. The second kappa shape index (κ2) is 7.36. The van der Waals surface area contributed by atoms with Crippen LogP contribution in [0.3, 0.4) is 0 Å². The van der Waals surface area contributed by atoms with E-state index in [1.54, 1.807) is 25.1 Å². The average Bonchev–Trinajstić information content (AvgIpc) is 2.37. The number of ether oxygens (including phenoxy) is 2. The second-order valence-corrected chi connectivity index (χ2v) is 4.67. The number of hydrogen-bond acceptors (Lipinski definition) is 4. The zero-order valence-corrected chi connectivity index (χ0v) is 12.2. The van der Waals surface area contributed by atoms with Crippen molar-refractivity contribution in [2.75, 3.05) is 6.61 Å². The summed E-state index contributed by atoms with van der Waals surface area (Å²) in [7, 11) is 0. The number of esters is 1. The monoisotopic (exact) mass is 285 g/mol. The first kappa shape index (κ1) is 15.8. The maximum atomic E-state index is 11.7. The fraction of sp³-hybridized carbons (Fsp3) is 0.500. The van der Waals surface area contributed by atoms with Gasteiger partial charge in [0.15, 0.2) is 6.10 Å². The van der Waals surface area contributed by atoms with E-state index in [1.165, 1.54) is 0 Å². The summed E-state index contributed by atoms with van der Waals surface area (Å²) in [6.07, 6.45) is -0.0986. The van der Waals surface area contributed by atoms with Crippen molar-refractivity contribution in [3.8, 4) is 5.75 Å². The van der Waals surface area contributed by atoms with Crippen LogP contribution in [0.25, 0.3) is 0 Å². The predicted octanol–water partition coefficient (Wildman–Crippen LogP) is 3.08. The number of benzene rings is 1. The van der Waals surface area contributed by atoms with Gasteiger partial charge in [-0.05, 0) is 38.5 Å². The van der Waals surface area contributed by atoms with Gasteiger partial charge in [-0.3, -0.25) is 0 Å². The molecule has 0 fully saturated rings. The molecule has 4 nitrogen and oxygen atoms in total. The number of halogens is 1. The van der Waals surface area contributed by atoms with Crippen molar-refractivity contribution < 1.29 is 14.3 Å². The van der Waals surface area contributed by atoms with Gasteiger partial charge in [0, 0.05) is 16.6 Å². The van der Waals surface area contributed by atoms with Gasteiger partial charge in [-0.2, -0.15) is 0 Å². The fourth-order valence-electron chi connectivity index (χ4n) is 1.67. The van der Waals surface area contributed by atoms with Gasteiger partial charge in [0.2, 0.25) is 0 Å². The van der Waals surface area contributed by atoms with Crippen LogP contribution in [0.4, 0.5) is 0 Å². The molecule has 1 unspecified atom stereocenters. The first-order valence-electron chi connectivity index (χ1n) is 6.37. The molecular weight excluding hydrogens is 266 g/mol. The van der Waals surface area contributed by atoms with Gasteiger partial charge in [0.1, 0.15) is 5.75 Å². The quantitative estimate of drug-likeness (QED) is 0.816. The van der Waals surface area contributed by atoms with E-state index < -0.39 is 6.10 Å². The molecule has 0 aliphatic carbocycles. The summed E-state index contributed by atoms with van der Waals surface area (Å²) in [4.78, 5) is 11.7. The molecule has 19 heavy (non-hydrogen) atoms. The summed E-state index contributed by atoms with van der Waals surface area (Å²) in [5.41, 5.74) is 6.65. The van der Waals surface area contributed by atoms with E-state index in [0.717, 1.165) is 5.56 Å². The predicted molar refractivity (Wildman–Crippen MR) is 75.4 cm³/mol. The minimum atomic E-state index is -0.626. The molecule has 0 aliphatic rings. The van der Waals surface area contributed by atoms with Gasteiger partial charge in [0.05, 0.1) is 6.61 Å². The van der Waals surface area contributed by atoms with E-state index in [-0.39, 0.29) is 12.0 Å². The van der Waals surface area contributed by atoms with Crippen molar-refractivity contribution in [2.45, 2.75) is 39.3 Å². The van der Waals surface area contributed by atoms with Gasteiger partial charge < -0.3 is 15.2 Å². The number of carbonyl (C=O) groups excluding carboxylic acids is 1. The van der Waals surface area contributed by atoms with E-state index in [0.29, 0.717) is 23.8 Å². The van der Waals surface area contributed by atoms with E-state index in [4.69, 9.17) is 26.8 Å². The van der Waals surface area contributed by atoms with Gasteiger partial charge >= 0.3 is 5.97 Å². The minimum absolute atomic E-state index is 0.228. The van der Waals surface area contributed by atoms with Crippen molar-refractivity contribution in [2.24, 2.45) is 5.73 Å². The van der Waals surface area contributed by atoms with Crippen LogP contribution in [-0.4, -0.2) is 18.7 Å². The maximum Gasteiger partial charge on any atom is 0.347 e. The van der Waals surface area contributed by atoms with Crippen molar-refractivity contribution in [3.63, 3.8) is 0 Å². The maximum absolute atomic E-state index is 11.7. The third-order valence-electron chi connectivity index (χ3n) is 2.65. The molecule has 0 aliphatic heterocycles. The summed E-state index contributed by atoms with van der Waals surface area (Å²) in [5, 5.41) is 0.587. The van der Waals surface area contributed by atoms with Crippen molar-refractivity contribution in [1.82, 2.24) is 0 Å². The summed E-state index contributed by atoms with van der Waals surface area (Å²) in [5.74, 6) is 0.204. The highest BCUT2D eigenvalue weighted by Crippen LogP contribution is 2.28. The molecule has 0 heterocycles. The Kier molecular flexibility index (Phi) is 6.12. The molecule has 0 radical (unpaired) electrons. The van der Waals surface area contributed by atoms with Gasteiger partial charge in [0.25, 0.3) is 0 Å². The number of nitrogens with two attached hydrogens (primary N) is 1. The topological polar surface area (TPSA) is 61.5 Å². The SMILES string of the molecule is CCOC(=O)C(CC)Oc1ccc(Cl)cc1[C@@H](C)N. The summed E-state index contributed by atoms with van der Waals surface area (Å²) >= 11 is 5.94. The molecule has 1 aromatic carbocycles. The van der Waals surface area contributed by atoms with E-state index in [9.17, 15) is 4.79 Å². The van der Waals surface area contributed by atoms with Crippen LogP contribution in [0.15, 0.2) is 18.2 Å². The zero-order valence-electron chi connectivity index (χ0n) is 11.5. The fourth-order valence-corrected chi connectivity index (χ4v) is 1.85. The highest BCUT2D eigenvalue weighted by atomic mass is 35.5. The summed E-state index contributed by atoms with van der Waals surface area (Å²) < 4.78 is 10.7. The van der Waals surface area contributed by atoms with Gasteiger partial charge in [-0.1, -0.05) is 18.5 Å². The third kappa shape index (κ3) is 4.40. The van der Waals surface area contributed by atoms with E-state index >= 15 is 0 Å². The largest absolute Gasteiger partial charge is 0.478 e. The van der Waals surface area contributed by atoms with Crippen LogP contribution in [-0.2, 0) is 9.53 Å². The lowest BCUT2D eigenvalue weighted by Gasteiger charge is -2.19. The normalized spacial score (nSPS) is 13.7. The Labute approximate surface area is 118 Å². The lowest BCUT2D eigenvalue weighted by molar-refractivity contribution is -0.151. The molecule has 2 atom stereocenters. The molecule has 0 saturated carbocycles. The molecule has 106 valence electrons. The van der Waals surface area contributed by atoms with Crippen LogP contribution in [0.2, 0.25) is 5.02 Å². The van der Waals surface area contributed by atoms with Gasteiger partial charge in [-0.25, -0.2) is 4.79 Å². The van der Waals surface area contributed by atoms with Crippen LogP contribution in [0.1, 0.15) is 38.8 Å². The van der Waals surface area contributed by atoms with Crippen LogP contribution >= 0.6 is 11.6 Å². The average molecular weight is 286 g/mol. The zero-order chi connectivity index (χ0) is 14.4. The van der Waals surface area contributed by atoms with E-state index in [2.05, 4.69) is 0 Å². The molecule has 0 spiro atoms. The third-order valence-corrected chi connectivity index (χ3v) is 2.89.